The molecule has 148 valence electrons. The lowest BCUT2D eigenvalue weighted by Gasteiger charge is -2.09. The van der Waals surface area contributed by atoms with E-state index in [-0.39, 0.29) is 5.56 Å². The van der Waals surface area contributed by atoms with Crippen molar-refractivity contribution < 1.29 is 4.42 Å². The van der Waals surface area contributed by atoms with E-state index in [1.165, 1.54) is 0 Å². The first-order valence-corrected chi connectivity index (χ1v) is 9.83. The van der Waals surface area contributed by atoms with Gasteiger partial charge in [0.05, 0.1) is 17.8 Å². The Morgan fingerprint density at radius 1 is 1.03 bits per heavy atom. The molecule has 0 saturated heterocycles. The third-order valence-corrected chi connectivity index (χ3v) is 5.45. The summed E-state index contributed by atoms with van der Waals surface area (Å²) in [6.07, 6.45) is 7.98. The minimum absolute atomic E-state index is 0.146. The molecule has 0 unspecified atom stereocenters. The Kier molecular flexibility index (Phi) is 4.29. The Bertz CT molecular complexity index is 1460. The van der Waals surface area contributed by atoms with Gasteiger partial charge < -0.3 is 9.40 Å². The van der Waals surface area contributed by atoms with Crippen molar-refractivity contribution in [1.82, 2.24) is 14.8 Å². The standard InChI is InChI=1S/C25H21N3O2/c1-3-8-16-9-7-12-21-22(16)19(15-30-21)24-23(25(29)27-28(24)13-4-2)18-14-26-20-11-6-5-10-17(18)20/h3-7,9-12,14-15,26H,1-2,8,13H2,(H,27,29). The minimum atomic E-state index is -0.146. The van der Waals surface area contributed by atoms with Crippen LogP contribution in [0.15, 0.2) is 89.4 Å². The Balaban J connectivity index is 1.87. The molecule has 3 heterocycles. The van der Waals surface area contributed by atoms with Crippen molar-refractivity contribution in [3.8, 4) is 22.4 Å². The highest BCUT2D eigenvalue weighted by Gasteiger charge is 2.24. The predicted octanol–water partition coefficient (Wildman–Crippen LogP) is 5.65. The summed E-state index contributed by atoms with van der Waals surface area (Å²) in [6, 6.07) is 14.0. The zero-order valence-electron chi connectivity index (χ0n) is 16.4. The quantitative estimate of drug-likeness (QED) is 0.365. The number of aromatic nitrogens is 3. The summed E-state index contributed by atoms with van der Waals surface area (Å²) in [5, 5.41) is 4.98. The molecule has 2 aromatic carbocycles. The summed E-state index contributed by atoms with van der Waals surface area (Å²) >= 11 is 0. The molecule has 0 aliphatic heterocycles. The number of fused-ring (bicyclic) bond motifs is 2. The Labute approximate surface area is 172 Å². The van der Waals surface area contributed by atoms with E-state index < -0.39 is 0 Å². The Morgan fingerprint density at radius 3 is 2.73 bits per heavy atom. The lowest BCUT2D eigenvalue weighted by molar-refractivity contribution is 0.615. The summed E-state index contributed by atoms with van der Waals surface area (Å²) in [5.74, 6) is 0. The van der Waals surface area contributed by atoms with Crippen molar-refractivity contribution in [2.45, 2.75) is 13.0 Å². The number of aromatic amines is 2. The first kappa shape index (κ1) is 18.1. The van der Waals surface area contributed by atoms with Gasteiger partial charge in [-0.2, -0.15) is 0 Å². The number of furan rings is 1. The molecule has 3 aromatic heterocycles. The van der Waals surface area contributed by atoms with E-state index in [2.05, 4.69) is 29.3 Å². The fourth-order valence-electron chi connectivity index (χ4n) is 4.21. The fourth-order valence-corrected chi connectivity index (χ4v) is 4.21. The smallest absolute Gasteiger partial charge is 0.272 e. The number of nitrogens with one attached hydrogen (secondary N) is 2. The van der Waals surface area contributed by atoms with Gasteiger partial charge in [-0.15, -0.1) is 13.2 Å². The molecule has 0 amide bonds. The fraction of sp³-hybridized carbons (Fsp3) is 0.0800. The van der Waals surface area contributed by atoms with Crippen LogP contribution in [0.1, 0.15) is 5.56 Å². The third-order valence-electron chi connectivity index (χ3n) is 5.45. The van der Waals surface area contributed by atoms with Crippen molar-refractivity contribution >= 4 is 21.9 Å². The van der Waals surface area contributed by atoms with E-state index >= 15 is 0 Å². The molecule has 5 rings (SSSR count). The summed E-state index contributed by atoms with van der Waals surface area (Å²) in [7, 11) is 0. The summed E-state index contributed by atoms with van der Waals surface area (Å²) in [4.78, 5) is 16.4. The van der Waals surface area contributed by atoms with Crippen LogP contribution >= 0.6 is 0 Å². The van der Waals surface area contributed by atoms with Crippen LogP contribution in [0.3, 0.4) is 0 Å². The Morgan fingerprint density at radius 2 is 1.90 bits per heavy atom. The molecule has 2 N–H and O–H groups in total. The number of benzene rings is 2. The minimum Gasteiger partial charge on any atom is -0.464 e. The molecule has 0 aliphatic carbocycles. The van der Waals surface area contributed by atoms with Gasteiger partial charge in [0.2, 0.25) is 0 Å². The summed E-state index contributed by atoms with van der Waals surface area (Å²) in [6.45, 7) is 8.21. The molecule has 5 nitrogen and oxygen atoms in total. The van der Waals surface area contributed by atoms with Crippen molar-refractivity contribution in [2.75, 3.05) is 0 Å². The molecule has 0 radical (unpaired) electrons. The largest absolute Gasteiger partial charge is 0.464 e. The van der Waals surface area contributed by atoms with Crippen molar-refractivity contribution in [3.63, 3.8) is 0 Å². The van der Waals surface area contributed by atoms with Crippen LogP contribution in [0.25, 0.3) is 44.3 Å². The van der Waals surface area contributed by atoms with Crippen LogP contribution in [0, 0.1) is 0 Å². The SMILES string of the molecule is C=CCc1cccc2occ(-c3c(-c4c[nH]c5ccccc45)c(=O)[nH]n3CC=C)c12. The van der Waals surface area contributed by atoms with Crippen LogP contribution in [-0.2, 0) is 13.0 Å². The van der Waals surface area contributed by atoms with Gasteiger partial charge in [-0.1, -0.05) is 42.5 Å². The average Bonchev–Trinajstić information content (AvgIpc) is 3.44. The van der Waals surface area contributed by atoms with Gasteiger partial charge >= 0.3 is 0 Å². The maximum absolute atomic E-state index is 13.1. The highest BCUT2D eigenvalue weighted by atomic mass is 16.3. The average molecular weight is 395 g/mol. The molecule has 5 aromatic rings. The van der Waals surface area contributed by atoms with E-state index in [0.717, 1.165) is 44.3 Å². The molecule has 0 saturated carbocycles. The van der Waals surface area contributed by atoms with Gasteiger partial charge in [0.15, 0.2) is 0 Å². The molecule has 0 atom stereocenters. The highest BCUT2D eigenvalue weighted by molar-refractivity contribution is 6.03. The molecule has 30 heavy (non-hydrogen) atoms. The van der Waals surface area contributed by atoms with Gasteiger partial charge in [-0.3, -0.25) is 14.6 Å². The highest BCUT2D eigenvalue weighted by Crippen LogP contribution is 2.39. The van der Waals surface area contributed by atoms with E-state index in [0.29, 0.717) is 18.5 Å². The predicted molar refractivity (Wildman–Crippen MR) is 122 cm³/mol. The van der Waals surface area contributed by atoms with Crippen LogP contribution < -0.4 is 5.56 Å². The maximum atomic E-state index is 13.1. The molecule has 0 aliphatic rings. The van der Waals surface area contributed by atoms with Crippen LogP contribution in [0.2, 0.25) is 0 Å². The zero-order valence-corrected chi connectivity index (χ0v) is 16.4. The van der Waals surface area contributed by atoms with Gasteiger partial charge in [0.25, 0.3) is 5.56 Å². The monoisotopic (exact) mass is 395 g/mol. The van der Waals surface area contributed by atoms with Gasteiger partial charge in [0, 0.05) is 33.6 Å². The molecule has 0 fully saturated rings. The normalized spacial score (nSPS) is 11.3. The van der Waals surface area contributed by atoms with Gasteiger partial charge in [-0.05, 0) is 24.1 Å². The van der Waals surface area contributed by atoms with Crippen molar-refractivity contribution in [2.24, 2.45) is 0 Å². The molecule has 0 spiro atoms. The number of para-hydroxylation sites is 1. The first-order valence-electron chi connectivity index (χ1n) is 9.83. The van der Waals surface area contributed by atoms with E-state index in [4.69, 9.17) is 4.42 Å². The molecular weight excluding hydrogens is 374 g/mol. The lowest BCUT2D eigenvalue weighted by atomic mass is 9.97. The number of hydrogen-bond donors (Lipinski definition) is 2. The second-order valence-electron chi connectivity index (χ2n) is 7.24. The number of allylic oxidation sites excluding steroid dienone is 2. The lowest BCUT2D eigenvalue weighted by Crippen LogP contribution is -2.05. The van der Waals surface area contributed by atoms with Crippen LogP contribution in [0.4, 0.5) is 0 Å². The zero-order chi connectivity index (χ0) is 20.7. The number of hydrogen-bond acceptors (Lipinski definition) is 2. The van der Waals surface area contributed by atoms with Gasteiger partial charge in [0.1, 0.15) is 11.8 Å². The maximum Gasteiger partial charge on any atom is 0.272 e. The molecular formula is C25H21N3O2. The van der Waals surface area contributed by atoms with E-state index in [1.807, 2.05) is 53.4 Å². The van der Waals surface area contributed by atoms with Crippen molar-refractivity contribution in [1.29, 1.82) is 0 Å². The second-order valence-corrected chi connectivity index (χ2v) is 7.24. The van der Waals surface area contributed by atoms with E-state index in [1.54, 1.807) is 12.3 Å². The number of rotatable bonds is 6. The summed E-state index contributed by atoms with van der Waals surface area (Å²) < 4.78 is 7.73. The van der Waals surface area contributed by atoms with Crippen LogP contribution in [-0.4, -0.2) is 14.8 Å². The Hall–Kier alpha value is -3.99. The topological polar surface area (TPSA) is 66.7 Å². The van der Waals surface area contributed by atoms with Crippen LogP contribution in [0.5, 0.6) is 0 Å². The first-order chi connectivity index (χ1) is 14.7. The second kappa shape index (κ2) is 7.12. The third kappa shape index (κ3) is 2.67. The van der Waals surface area contributed by atoms with E-state index in [9.17, 15) is 4.79 Å². The summed E-state index contributed by atoms with van der Waals surface area (Å²) in [5.41, 5.74) is 5.88. The number of nitrogens with zero attached hydrogens (tertiary/aromatic N) is 1. The molecule has 0 bridgehead atoms. The molecule has 5 heteroatoms. The van der Waals surface area contributed by atoms with Crippen molar-refractivity contribution in [3.05, 3.63) is 96.2 Å². The number of H-pyrrole nitrogens is 2. The van der Waals surface area contributed by atoms with Gasteiger partial charge in [-0.25, -0.2) is 0 Å².